The van der Waals surface area contributed by atoms with Crippen molar-refractivity contribution in [2.24, 2.45) is 10.8 Å². The van der Waals surface area contributed by atoms with Crippen molar-refractivity contribution >= 4 is 17.7 Å². The number of fused-ring (bicyclic) bond motifs is 3. The van der Waals surface area contributed by atoms with Gasteiger partial charge in [0.1, 0.15) is 34.9 Å². The molecule has 8 nitrogen and oxygen atoms in total. The van der Waals surface area contributed by atoms with E-state index in [0.717, 1.165) is 36.1 Å². The van der Waals surface area contributed by atoms with E-state index in [1.165, 1.54) is 13.8 Å². The number of esters is 2. The first-order valence-electron chi connectivity index (χ1n) is 14.1. The molecule has 0 radical (unpaired) electrons. The van der Waals surface area contributed by atoms with E-state index >= 15 is 0 Å². The van der Waals surface area contributed by atoms with E-state index < -0.39 is 40.0 Å². The molecule has 0 aromatic heterocycles. The van der Waals surface area contributed by atoms with E-state index in [4.69, 9.17) is 23.7 Å². The third-order valence-electron chi connectivity index (χ3n) is 10.0. The Kier molecular flexibility index (Phi) is 6.50. The van der Waals surface area contributed by atoms with Gasteiger partial charge in [-0.05, 0) is 76.6 Å². The number of carbonyl (C=O) groups is 3. The zero-order valence-corrected chi connectivity index (χ0v) is 24.5. The number of benzene rings is 1. The molecule has 0 bridgehead atoms. The van der Waals surface area contributed by atoms with Crippen LogP contribution < -0.4 is 9.47 Å². The SMILES string of the molecule is CC(=O)Oc1cc(C)c2c(c1)CC[C@@](C)(CC(=O)C1O[C@]3(C[C@H](OC(C)=O)C(C)(C)O3)[C@]3(C)CCC[C@]13C)O2. The van der Waals surface area contributed by atoms with Crippen molar-refractivity contribution < 1.29 is 38.1 Å². The van der Waals surface area contributed by atoms with Crippen molar-refractivity contribution in [2.75, 3.05) is 0 Å². The summed E-state index contributed by atoms with van der Waals surface area (Å²) >= 11 is 0. The van der Waals surface area contributed by atoms with E-state index in [0.29, 0.717) is 25.0 Å². The van der Waals surface area contributed by atoms with Crippen molar-refractivity contribution in [3.8, 4) is 11.5 Å². The summed E-state index contributed by atoms with van der Waals surface area (Å²) in [5.41, 5.74) is -0.411. The maximum Gasteiger partial charge on any atom is 0.308 e. The van der Waals surface area contributed by atoms with Crippen LogP contribution in [-0.2, 0) is 35.0 Å². The second kappa shape index (κ2) is 9.03. The molecule has 3 fully saturated rings. The molecule has 3 aliphatic heterocycles. The fraction of sp³-hybridized carbons (Fsp3) is 0.710. The minimum absolute atomic E-state index is 0.0139. The highest BCUT2D eigenvalue weighted by Crippen LogP contribution is 2.71. The molecule has 1 aromatic rings. The summed E-state index contributed by atoms with van der Waals surface area (Å²) in [6.07, 6.45) is 3.59. The first-order chi connectivity index (χ1) is 18.0. The molecular formula is C31H42O8. The molecule has 0 amide bonds. The fourth-order valence-corrected chi connectivity index (χ4v) is 7.75. The van der Waals surface area contributed by atoms with E-state index in [1.54, 1.807) is 6.07 Å². The van der Waals surface area contributed by atoms with Crippen LogP contribution in [0.15, 0.2) is 12.1 Å². The highest BCUT2D eigenvalue weighted by atomic mass is 16.7. The van der Waals surface area contributed by atoms with Gasteiger partial charge in [-0.2, -0.15) is 0 Å². The zero-order chi connectivity index (χ0) is 28.6. The molecule has 1 aliphatic carbocycles. The van der Waals surface area contributed by atoms with Gasteiger partial charge in [0, 0.05) is 37.5 Å². The highest BCUT2D eigenvalue weighted by Gasteiger charge is 2.76. The number of ether oxygens (including phenoxy) is 5. The van der Waals surface area contributed by atoms with Crippen molar-refractivity contribution in [1.82, 2.24) is 0 Å². The quantitative estimate of drug-likeness (QED) is 0.361. The van der Waals surface area contributed by atoms with E-state index in [2.05, 4.69) is 13.8 Å². The van der Waals surface area contributed by atoms with Gasteiger partial charge in [-0.1, -0.05) is 20.3 Å². The summed E-state index contributed by atoms with van der Waals surface area (Å²) in [6.45, 7) is 14.9. The van der Waals surface area contributed by atoms with E-state index in [9.17, 15) is 14.4 Å². The lowest BCUT2D eigenvalue weighted by atomic mass is 9.61. The lowest BCUT2D eigenvalue weighted by Crippen LogP contribution is -2.48. The third-order valence-corrected chi connectivity index (χ3v) is 10.0. The average Bonchev–Trinajstić information content (AvgIpc) is 3.31. The number of aryl methyl sites for hydroxylation is 2. The van der Waals surface area contributed by atoms with Gasteiger partial charge in [0.25, 0.3) is 0 Å². The second-order valence-electron chi connectivity index (χ2n) is 13.4. The van der Waals surface area contributed by atoms with Gasteiger partial charge in [-0.3, -0.25) is 14.4 Å². The maximum absolute atomic E-state index is 14.1. The van der Waals surface area contributed by atoms with Crippen LogP contribution in [0.2, 0.25) is 0 Å². The van der Waals surface area contributed by atoms with Crippen LogP contribution in [0.25, 0.3) is 0 Å². The van der Waals surface area contributed by atoms with Gasteiger partial charge in [-0.15, -0.1) is 0 Å². The Balaban J connectivity index is 1.39. The van der Waals surface area contributed by atoms with Crippen molar-refractivity contribution in [3.05, 3.63) is 23.3 Å². The molecule has 1 saturated carbocycles. The Bertz CT molecular complexity index is 1220. The standard InChI is InChI=1S/C31H42O8/c1-18-14-22(35-19(2)32)15-21-10-13-28(6,37-25(18)21)16-23(34)26-29(7)11-9-12-30(29,8)31(38-26)17-24(36-20(3)33)27(4,5)39-31/h14-15,24,26H,9-13,16-17H2,1-8H3/t24-,26?,28-,29+,30+,31-/m0/s1. The molecule has 2 saturated heterocycles. The monoisotopic (exact) mass is 542 g/mol. The molecular weight excluding hydrogens is 500 g/mol. The van der Waals surface area contributed by atoms with Crippen LogP contribution in [0, 0.1) is 17.8 Å². The largest absolute Gasteiger partial charge is 0.487 e. The number of rotatable bonds is 5. The molecule has 214 valence electrons. The van der Waals surface area contributed by atoms with Gasteiger partial charge < -0.3 is 23.7 Å². The lowest BCUT2D eigenvalue weighted by molar-refractivity contribution is -0.273. The summed E-state index contributed by atoms with van der Waals surface area (Å²) in [5, 5.41) is 0. The minimum atomic E-state index is -1.01. The Labute approximate surface area is 231 Å². The first kappa shape index (κ1) is 28.1. The molecule has 6 atom stereocenters. The van der Waals surface area contributed by atoms with Crippen LogP contribution >= 0.6 is 0 Å². The molecule has 39 heavy (non-hydrogen) atoms. The van der Waals surface area contributed by atoms with Crippen LogP contribution in [0.3, 0.4) is 0 Å². The minimum Gasteiger partial charge on any atom is -0.487 e. The smallest absolute Gasteiger partial charge is 0.308 e. The predicted molar refractivity (Wildman–Crippen MR) is 142 cm³/mol. The Morgan fingerprint density at radius 1 is 1.00 bits per heavy atom. The van der Waals surface area contributed by atoms with Crippen LogP contribution in [0.5, 0.6) is 11.5 Å². The Morgan fingerprint density at radius 2 is 1.72 bits per heavy atom. The van der Waals surface area contributed by atoms with Gasteiger partial charge in [-0.25, -0.2) is 0 Å². The number of hydrogen-bond donors (Lipinski definition) is 0. The molecule has 5 rings (SSSR count). The van der Waals surface area contributed by atoms with Crippen LogP contribution in [0.4, 0.5) is 0 Å². The molecule has 4 aliphatic rings. The topological polar surface area (TPSA) is 97.4 Å². The highest BCUT2D eigenvalue weighted by molar-refractivity contribution is 5.86. The first-order valence-corrected chi connectivity index (χ1v) is 14.1. The Hall–Kier alpha value is -2.45. The Morgan fingerprint density at radius 3 is 2.38 bits per heavy atom. The molecule has 3 heterocycles. The normalized spacial score (nSPS) is 38.2. The van der Waals surface area contributed by atoms with Crippen molar-refractivity contribution in [1.29, 1.82) is 0 Å². The zero-order valence-electron chi connectivity index (χ0n) is 24.5. The predicted octanol–water partition coefficient (Wildman–Crippen LogP) is 5.39. The summed E-state index contributed by atoms with van der Waals surface area (Å²) in [6, 6.07) is 3.64. The number of carbonyl (C=O) groups excluding carboxylic acids is 3. The molecule has 8 heteroatoms. The number of hydrogen-bond acceptors (Lipinski definition) is 8. The van der Waals surface area contributed by atoms with Gasteiger partial charge in [0.15, 0.2) is 11.6 Å². The maximum atomic E-state index is 14.1. The number of ketones is 1. The molecule has 1 unspecified atom stereocenters. The third kappa shape index (κ3) is 4.38. The summed E-state index contributed by atoms with van der Waals surface area (Å²) in [7, 11) is 0. The molecule has 1 aromatic carbocycles. The fourth-order valence-electron chi connectivity index (χ4n) is 7.75. The van der Waals surface area contributed by atoms with Gasteiger partial charge in [0.05, 0.1) is 0 Å². The molecule has 1 spiro atoms. The van der Waals surface area contributed by atoms with Gasteiger partial charge >= 0.3 is 11.9 Å². The average molecular weight is 543 g/mol. The van der Waals surface area contributed by atoms with Crippen LogP contribution in [0.1, 0.15) is 98.1 Å². The van der Waals surface area contributed by atoms with Crippen molar-refractivity contribution in [3.63, 3.8) is 0 Å². The van der Waals surface area contributed by atoms with E-state index in [-0.39, 0.29) is 24.1 Å². The van der Waals surface area contributed by atoms with E-state index in [1.807, 2.05) is 33.8 Å². The second-order valence-corrected chi connectivity index (χ2v) is 13.4. The van der Waals surface area contributed by atoms with Crippen molar-refractivity contribution in [2.45, 2.75) is 130 Å². The number of Topliss-reactive ketones (excluding diaryl/α,β-unsaturated/α-hetero) is 1. The summed E-state index contributed by atoms with van der Waals surface area (Å²) < 4.78 is 30.9. The molecule has 0 N–H and O–H groups in total. The van der Waals surface area contributed by atoms with Gasteiger partial charge in [0.2, 0.25) is 0 Å². The summed E-state index contributed by atoms with van der Waals surface area (Å²) in [4.78, 5) is 37.4. The van der Waals surface area contributed by atoms with Crippen LogP contribution in [-0.4, -0.2) is 46.9 Å². The summed E-state index contributed by atoms with van der Waals surface area (Å²) in [5.74, 6) is -0.453. The lowest BCUT2D eigenvalue weighted by Gasteiger charge is -2.43.